The number of benzene rings is 3. The lowest BCUT2D eigenvalue weighted by molar-refractivity contribution is -0.130. The SMILES string of the molecule is CC1C(=O)N(NC(=O)[C@H](C)NC(=O)CCOc2ccccc2)c2ccccc2-c2ccccc21. The molecule has 2 atom stereocenters. The average Bonchev–Trinajstić information content (AvgIpc) is 2.94. The molecule has 0 saturated carbocycles. The first-order valence-electron chi connectivity index (χ1n) is 11.3. The summed E-state index contributed by atoms with van der Waals surface area (Å²) >= 11 is 0. The molecule has 1 unspecified atom stereocenters. The number of fused-ring (bicyclic) bond motifs is 3. The third-order valence-corrected chi connectivity index (χ3v) is 5.79. The first-order chi connectivity index (χ1) is 16.5. The second-order valence-electron chi connectivity index (χ2n) is 8.18. The summed E-state index contributed by atoms with van der Waals surface area (Å²) in [5, 5.41) is 3.96. The minimum Gasteiger partial charge on any atom is -0.493 e. The molecule has 3 aromatic rings. The van der Waals surface area contributed by atoms with Gasteiger partial charge in [0.1, 0.15) is 11.8 Å². The lowest BCUT2D eigenvalue weighted by atomic mass is 9.92. The Balaban J connectivity index is 1.42. The van der Waals surface area contributed by atoms with Gasteiger partial charge in [0.15, 0.2) is 0 Å². The molecule has 4 rings (SSSR count). The molecule has 0 radical (unpaired) electrons. The predicted octanol–water partition coefficient (Wildman–Crippen LogP) is 3.81. The zero-order chi connectivity index (χ0) is 24.1. The molecule has 0 saturated heterocycles. The van der Waals surface area contributed by atoms with Crippen LogP contribution in [0, 0.1) is 0 Å². The van der Waals surface area contributed by atoms with Crippen LogP contribution in [0.2, 0.25) is 0 Å². The van der Waals surface area contributed by atoms with Crippen molar-refractivity contribution in [3.63, 3.8) is 0 Å². The van der Waals surface area contributed by atoms with E-state index in [2.05, 4.69) is 10.7 Å². The fraction of sp³-hybridized carbons (Fsp3) is 0.222. The standard InChI is InChI=1S/C27H27N3O4/c1-18-21-12-6-7-13-22(21)23-14-8-9-15-24(23)30(27(18)33)29-26(32)19(2)28-25(31)16-17-34-20-10-4-3-5-11-20/h3-15,18-19H,16-17H2,1-2H3,(H,28,31)(H,29,32)/t18?,19-/m0/s1. The Bertz CT molecular complexity index is 1200. The summed E-state index contributed by atoms with van der Waals surface area (Å²) in [4.78, 5) is 38.6. The van der Waals surface area contributed by atoms with Crippen LogP contribution in [0.5, 0.6) is 5.75 Å². The molecule has 1 heterocycles. The van der Waals surface area contributed by atoms with Crippen LogP contribution < -0.4 is 20.5 Å². The zero-order valence-electron chi connectivity index (χ0n) is 19.2. The molecule has 7 heteroatoms. The van der Waals surface area contributed by atoms with E-state index in [-0.39, 0.29) is 24.8 Å². The summed E-state index contributed by atoms with van der Waals surface area (Å²) in [6.07, 6.45) is 0.102. The molecular weight excluding hydrogens is 430 g/mol. The molecule has 34 heavy (non-hydrogen) atoms. The molecule has 2 N–H and O–H groups in total. The molecule has 0 spiro atoms. The summed E-state index contributed by atoms with van der Waals surface area (Å²) in [6, 6.07) is 23.5. The van der Waals surface area contributed by atoms with Gasteiger partial charge in [-0.3, -0.25) is 19.8 Å². The maximum Gasteiger partial charge on any atom is 0.261 e. The molecule has 174 valence electrons. The van der Waals surface area contributed by atoms with E-state index in [1.54, 1.807) is 13.0 Å². The van der Waals surface area contributed by atoms with Gasteiger partial charge in [0.05, 0.1) is 24.6 Å². The summed E-state index contributed by atoms with van der Waals surface area (Å²) in [7, 11) is 0. The highest BCUT2D eigenvalue weighted by atomic mass is 16.5. The highest BCUT2D eigenvalue weighted by Gasteiger charge is 2.33. The first-order valence-corrected chi connectivity index (χ1v) is 11.3. The largest absolute Gasteiger partial charge is 0.493 e. The van der Waals surface area contributed by atoms with Gasteiger partial charge in [0, 0.05) is 5.56 Å². The van der Waals surface area contributed by atoms with Gasteiger partial charge < -0.3 is 10.1 Å². The summed E-state index contributed by atoms with van der Waals surface area (Å²) < 4.78 is 5.54. The van der Waals surface area contributed by atoms with Gasteiger partial charge in [-0.2, -0.15) is 0 Å². The Morgan fingerprint density at radius 3 is 2.35 bits per heavy atom. The molecule has 1 aliphatic rings. The number of rotatable bonds is 7. The van der Waals surface area contributed by atoms with Gasteiger partial charge in [-0.1, -0.05) is 60.7 Å². The minimum atomic E-state index is -0.842. The van der Waals surface area contributed by atoms with Crippen LogP contribution in [0.1, 0.15) is 31.7 Å². The molecule has 0 fully saturated rings. The number of hydrazine groups is 1. The van der Waals surface area contributed by atoms with Crippen molar-refractivity contribution in [3.8, 4) is 16.9 Å². The van der Waals surface area contributed by atoms with E-state index in [9.17, 15) is 14.4 Å². The number of nitrogens with zero attached hydrogens (tertiary/aromatic N) is 1. The van der Waals surface area contributed by atoms with Crippen molar-refractivity contribution in [2.45, 2.75) is 32.2 Å². The van der Waals surface area contributed by atoms with Crippen molar-refractivity contribution in [1.82, 2.24) is 10.7 Å². The number of hydrogen-bond donors (Lipinski definition) is 2. The van der Waals surface area contributed by atoms with Gasteiger partial charge in [-0.05, 0) is 43.2 Å². The van der Waals surface area contributed by atoms with Crippen LogP contribution in [0.15, 0.2) is 78.9 Å². The van der Waals surface area contributed by atoms with E-state index in [1.165, 1.54) is 5.01 Å². The number of carbonyl (C=O) groups is 3. The summed E-state index contributed by atoms with van der Waals surface area (Å²) in [6.45, 7) is 3.60. The maximum absolute atomic E-state index is 13.3. The fourth-order valence-corrected chi connectivity index (χ4v) is 3.94. The zero-order valence-corrected chi connectivity index (χ0v) is 19.2. The van der Waals surface area contributed by atoms with Gasteiger partial charge in [0.25, 0.3) is 11.8 Å². The average molecular weight is 458 g/mol. The number of carbonyl (C=O) groups excluding carboxylic acids is 3. The Morgan fingerprint density at radius 2 is 1.59 bits per heavy atom. The van der Waals surface area contributed by atoms with Crippen LogP contribution in [-0.4, -0.2) is 30.4 Å². The topological polar surface area (TPSA) is 87.7 Å². The van der Waals surface area contributed by atoms with Gasteiger partial charge in [-0.15, -0.1) is 0 Å². The number of para-hydroxylation sites is 2. The van der Waals surface area contributed by atoms with Gasteiger partial charge in [0.2, 0.25) is 5.91 Å². The van der Waals surface area contributed by atoms with Crippen molar-refractivity contribution < 1.29 is 19.1 Å². The molecule has 0 bridgehead atoms. The van der Waals surface area contributed by atoms with E-state index >= 15 is 0 Å². The quantitative estimate of drug-likeness (QED) is 0.565. The monoisotopic (exact) mass is 457 g/mol. The minimum absolute atomic E-state index is 0.102. The van der Waals surface area contributed by atoms with E-state index in [4.69, 9.17) is 4.74 Å². The smallest absolute Gasteiger partial charge is 0.261 e. The van der Waals surface area contributed by atoms with Crippen molar-refractivity contribution in [3.05, 3.63) is 84.4 Å². The maximum atomic E-state index is 13.3. The van der Waals surface area contributed by atoms with E-state index in [0.29, 0.717) is 11.4 Å². The van der Waals surface area contributed by atoms with Crippen LogP contribution >= 0.6 is 0 Å². The fourth-order valence-electron chi connectivity index (χ4n) is 3.94. The Kier molecular flexibility index (Phi) is 6.92. The lowest BCUT2D eigenvalue weighted by Crippen LogP contribution is -2.54. The number of ether oxygens (including phenoxy) is 1. The van der Waals surface area contributed by atoms with E-state index in [0.717, 1.165) is 16.7 Å². The second-order valence-corrected chi connectivity index (χ2v) is 8.18. The number of hydrogen-bond acceptors (Lipinski definition) is 4. The molecule has 3 amide bonds. The Morgan fingerprint density at radius 1 is 0.941 bits per heavy atom. The summed E-state index contributed by atoms with van der Waals surface area (Å²) in [5.74, 6) is -0.834. The number of anilines is 1. The molecular formula is C27H27N3O4. The Labute approximate surface area is 198 Å². The molecule has 3 aromatic carbocycles. The molecule has 1 aliphatic heterocycles. The number of amides is 3. The van der Waals surface area contributed by atoms with Gasteiger partial charge in [-0.25, -0.2) is 5.01 Å². The van der Waals surface area contributed by atoms with Crippen LogP contribution in [0.25, 0.3) is 11.1 Å². The van der Waals surface area contributed by atoms with Crippen LogP contribution in [-0.2, 0) is 14.4 Å². The van der Waals surface area contributed by atoms with Crippen LogP contribution in [0.3, 0.4) is 0 Å². The third kappa shape index (κ3) is 4.93. The molecule has 7 nitrogen and oxygen atoms in total. The normalized spacial score (nSPS) is 15.4. The highest BCUT2D eigenvalue weighted by molar-refractivity contribution is 6.06. The van der Waals surface area contributed by atoms with Crippen molar-refractivity contribution >= 4 is 23.4 Å². The first kappa shape index (κ1) is 23.0. The van der Waals surface area contributed by atoms with Crippen LogP contribution in [0.4, 0.5) is 5.69 Å². The molecule has 0 aliphatic carbocycles. The highest BCUT2D eigenvalue weighted by Crippen LogP contribution is 2.39. The van der Waals surface area contributed by atoms with E-state index < -0.39 is 17.9 Å². The van der Waals surface area contributed by atoms with Crippen molar-refractivity contribution in [2.24, 2.45) is 0 Å². The summed E-state index contributed by atoms with van der Waals surface area (Å²) in [5.41, 5.74) is 6.01. The second kappa shape index (κ2) is 10.2. The van der Waals surface area contributed by atoms with Gasteiger partial charge >= 0.3 is 0 Å². The van der Waals surface area contributed by atoms with Crippen molar-refractivity contribution in [2.75, 3.05) is 11.6 Å². The number of nitrogens with one attached hydrogen (secondary N) is 2. The predicted molar refractivity (Wildman–Crippen MR) is 130 cm³/mol. The van der Waals surface area contributed by atoms with E-state index in [1.807, 2.05) is 79.7 Å². The molecule has 0 aromatic heterocycles. The lowest BCUT2D eigenvalue weighted by Gasteiger charge is -2.27. The third-order valence-electron chi connectivity index (χ3n) is 5.79. The van der Waals surface area contributed by atoms with Crippen molar-refractivity contribution in [1.29, 1.82) is 0 Å². The Hall–Kier alpha value is -4.13.